The highest BCUT2D eigenvalue weighted by Gasteiger charge is 2.32. The summed E-state index contributed by atoms with van der Waals surface area (Å²) in [6.07, 6.45) is 5.41. The second-order valence-electron chi connectivity index (χ2n) is 5.06. The average molecular weight is 254 g/mol. The second-order valence-corrected chi connectivity index (χ2v) is 5.06. The van der Waals surface area contributed by atoms with Crippen molar-refractivity contribution in [1.82, 2.24) is 10.4 Å². The molecular formula is C15H18N4. The molecule has 1 heterocycles. The maximum atomic E-state index is 5.97. The zero-order valence-electron chi connectivity index (χ0n) is 10.7. The van der Waals surface area contributed by atoms with Crippen molar-refractivity contribution in [2.75, 3.05) is 5.73 Å². The van der Waals surface area contributed by atoms with Crippen molar-refractivity contribution in [3.63, 3.8) is 0 Å². The topological polar surface area (TPSA) is 77.0 Å². The standard InChI is InChI=1S/C15H18N4/c16-14-5-6-18-9-11(14)8-15(19-17)13-7-10-3-1-2-4-12(10)13/h1-6,9,13,15,19H,7-8,17H2,(H2,16,18). The summed E-state index contributed by atoms with van der Waals surface area (Å²) in [5, 5.41) is 0. The highest BCUT2D eigenvalue weighted by molar-refractivity contribution is 5.46. The molecule has 3 rings (SSSR count). The molecule has 0 spiro atoms. The van der Waals surface area contributed by atoms with E-state index < -0.39 is 0 Å². The molecule has 2 atom stereocenters. The van der Waals surface area contributed by atoms with E-state index in [0.29, 0.717) is 5.92 Å². The van der Waals surface area contributed by atoms with E-state index in [1.54, 1.807) is 6.20 Å². The van der Waals surface area contributed by atoms with Gasteiger partial charge in [0.25, 0.3) is 0 Å². The lowest BCUT2D eigenvalue weighted by Crippen LogP contribution is -2.45. The van der Waals surface area contributed by atoms with Crippen LogP contribution in [0.15, 0.2) is 42.7 Å². The van der Waals surface area contributed by atoms with Crippen LogP contribution in [0.5, 0.6) is 0 Å². The van der Waals surface area contributed by atoms with Gasteiger partial charge in [0.05, 0.1) is 0 Å². The van der Waals surface area contributed by atoms with Crippen LogP contribution >= 0.6 is 0 Å². The number of hydrogen-bond donors (Lipinski definition) is 3. The number of hydrazine groups is 1. The molecule has 4 heteroatoms. The van der Waals surface area contributed by atoms with Crippen molar-refractivity contribution in [1.29, 1.82) is 0 Å². The molecule has 0 aliphatic heterocycles. The fraction of sp³-hybridized carbons (Fsp3) is 0.267. The summed E-state index contributed by atoms with van der Waals surface area (Å²) < 4.78 is 0. The van der Waals surface area contributed by atoms with E-state index >= 15 is 0 Å². The number of fused-ring (bicyclic) bond motifs is 1. The van der Waals surface area contributed by atoms with Gasteiger partial charge in [0.1, 0.15) is 0 Å². The first-order valence-corrected chi connectivity index (χ1v) is 6.52. The molecule has 0 bridgehead atoms. The summed E-state index contributed by atoms with van der Waals surface area (Å²) in [5.41, 5.74) is 13.6. The molecule has 1 aromatic heterocycles. The minimum Gasteiger partial charge on any atom is -0.398 e. The minimum atomic E-state index is 0.196. The van der Waals surface area contributed by atoms with Gasteiger partial charge in [-0.3, -0.25) is 16.3 Å². The number of anilines is 1. The summed E-state index contributed by atoms with van der Waals surface area (Å²) in [4.78, 5) is 4.13. The third-order valence-corrected chi connectivity index (χ3v) is 3.98. The molecule has 19 heavy (non-hydrogen) atoms. The molecule has 0 saturated heterocycles. The number of rotatable bonds is 4. The first kappa shape index (κ1) is 12.1. The van der Waals surface area contributed by atoms with Gasteiger partial charge in [-0.2, -0.15) is 0 Å². The van der Waals surface area contributed by atoms with Crippen LogP contribution in [-0.4, -0.2) is 11.0 Å². The largest absolute Gasteiger partial charge is 0.398 e. The van der Waals surface area contributed by atoms with E-state index in [1.165, 1.54) is 11.1 Å². The maximum absolute atomic E-state index is 5.97. The van der Waals surface area contributed by atoms with E-state index in [2.05, 4.69) is 34.7 Å². The van der Waals surface area contributed by atoms with Gasteiger partial charge < -0.3 is 5.73 Å². The van der Waals surface area contributed by atoms with Gasteiger partial charge in [0.15, 0.2) is 0 Å². The first-order valence-electron chi connectivity index (χ1n) is 6.52. The number of nitrogens with two attached hydrogens (primary N) is 2. The molecule has 0 saturated carbocycles. The monoisotopic (exact) mass is 254 g/mol. The molecule has 1 aliphatic carbocycles. The number of hydrogen-bond acceptors (Lipinski definition) is 4. The predicted molar refractivity (Wildman–Crippen MR) is 76.4 cm³/mol. The molecule has 0 fully saturated rings. The van der Waals surface area contributed by atoms with Crippen LogP contribution < -0.4 is 17.0 Å². The normalized spacial score (nSPS) is 18.5. The van der Waals surface area contributed by atoms with Crippen LogP contribution in [0.1, 0.15) is 22.6 Å². The number of nitrogens with zero attached hydrogens (tertiary/aromatic N) is 1. The van der Waals surface area contributed by atoms with Crippen molar-refractivity contribution in [3.8, 4) is 0 Å². The van der Waals surface area contributed by atoms with Crippen molar-refractivity contribution in [2.24, 2.45) is 5.84 Å². The van der Waals surface area contributed by atoms with Crippen molar-refractivity contribution < 1.29 is 0 Å². The van der Waals surface area contributed by atoms with Crippen LogP contribution in [-0.2, 0) is 12.8 Å². The van der Waals surface area contributed by atoms with Gasteiger partial charge in [0, 0.05) is 30.0 Å². The molecule has 4 nitrogen and oxygen atoms in total. The molecule has 98 valence electrons. The Morgan fingerprint density at radius 2 is 2.16 bits per heavy atom. The van der Waals surface area contributed by atoms with Gasteiger partial charge in [-0.1, -0.05) is 24.3 Å². The third kappa shape index (κ3) is 2.20. The molecule has 2 unspecified atom stereocenters. The quantitative estimate of drug-likeness (QED) is 0.569. The fourth-order valence-corrected chi connectivity index (χ4v) is 2.82. The Bertz CT molecular complexity index is 582. The van der Waals surface area contributed by atoms with Crippen molar-refractivity contribution >= 4 is 5.69 Å². The van der Waals surface area contributed by atoms with Crippen LogP contribution in [0.25, 0.3) is 0 Å². The molecular weight excluding hydrogens is 236 g/mol. The fourth-order valence-electron chi connectivity index (χ4n) is 2.82. The van der Waals surface area contributed by atoms with Gasteiger partial charge in [0.2, 0.25) is 0 Å². The van der Waals surface area contributed by atoms with Crippen molar-refractivity contribution in [2.45, 2.75) is 24.8 Å². The maximum Gasteiger partial charge on any atom is 0.0378 e. The third-order valence-electron chi connectivity index (χ3n) is 3.98. The first-order chi connectivity index (χ1) is 9.29. The lowest BCUT2D eigenvalue weighted by Gasteiger charge is -2.36. The van der Waals surface area contributed by atoms with Crippen LogP contribution in [0.4, 0.5) is 5.69 Å². The lowest BCUT2D eigenvalue weighted by molar-refractivity contribution is 0.404. The Labute approximate surface area is 112 Å². The molecule has 0 amide bonds. The van der Waals surface area contributed by atoms with Crippen LogP contribution in [0, 0.1) is 0 Å². The zero-order valence-corrected chi connectivity index (χ0v) is 10.7. The predicted octanol–water partition coefficient (Wildman–Crippen LogP) is 1.38. The number of benzene rings is 1. The van der Waals surface area contributed by atoms with E-state index in [9.17, 15) is 0 Å². The number of aromatic nitrogens is 1. The minimum absolute atomic E-state index is 0.196. The second kappa shape index (κ2) is 4.99. The Kier molecular flexibility index (Phi) is 3.19. The van der Waals surface area contributed by atoms with Gasteiger partial charge >= 0.3 is 0 Å². The number of pyridine rings is 1. The molecule has 2 aromatic rings. The molecule has 0 radical (unpaired) electrons. The Balaban J connectivity index is 1.79. The average Bonchev–Trinajstić information content (AvgIpc) is 2.41. The van der Waals surface area contributed by atoms with E-state index in [1.807, 2.05) is 12.3 Å². The number of nitrogen functional groups attached to an aromatic ring is 1. The summed E-state index contributed by atoms with van der Waals surface area (Å²) >= 11 is 0. The lowest BCUT2D eigenvalue weighted by atomic mass is 9.72. The van der Waals surface area contributed by atoms with Crippen LogP contribution in [0.3, 0.4) is 0 Å². The highest BCUT2D eigenvalue weighted by atomic mass is 15.2. The Hall–Kier alpha value is -1.91. The Morgan fingerprint density at radius 3 is 2.89 bits per heavy atom. The van der Waals surface area contributed by atoms with Crippen LogP contribution in [0.2, 0.25) is 0 Å². The summed E-state index contributed by atoms with van der Waals surface area (Å²) in [5.74, 6) is 6.19. The molecule has 5 N–H and O–H groups in total. The SMILES string of the molecule is NNC(Cc1cnccc1N)C1Cc2ccccc21. The van der Waals surface area contributed by atoms with Crippen molar-refractivity contribution in [3.05, 3.63) is 59.4 Å². The summed E-state index contributed by atoms with van der Waals surface area (Å²) in [6.45, 7) is 0. The Morgan fingerprint density at radius 1 is 1.32 bits per heavy atom. The van der Waals surface area contributed by atoms with E-state index in [0.717, 1.165) is 24.1 Å². The van der Waals surface area contributed by atoms with Gasteiger partial charge in [-0.25, -0.2) is 0 Å². The van der Waals surface area contributed by atoms with Gasteiger partial charge in [-0.15, -0.1) is 0 Å². The molecule has 1 aliphatic rings. The van der Waals surface area contributed by atoms with Gasteiger partial charge in [-0.05, 0) is 35.6 Å². The zero-order chi connectivity index (χ0) is 13.2. The highest BCUT2D eigenvalue weighted by Crippen LogP contribution is 2.38. The van der Waals surface area contributed by atoms with E-state index in [4.69, 9.17) is 11.6 Å². The summed E-state index contributed by atoms with van der Waals surface area (Å²) in [6, 6.07) is 10.5. The summed E-state index contributed by atoms with van der Waals surface area (Å²) in [7, 11) is 0. The number of nitrogens with one attached hydrogen (secondary N) is 1. The van der Waals surface area contributed by atoms with E-state index in [-0.39, 0.29) is 6.04 Å². The smallest absolute Gasteiger partial charge is 0.0378 e. The molecule has 1 aromatic carbocycles.